The van der Waals surface area contributed by atoms with E-state index in [4.69, 9.17) is 21.3 Å². The number of rotatable bonds is 7. The second kappa shape index (κ2) is 9.75. The third-order valence-electron chi connectivity index (χ3n) is 4.35. The Kier molecular flexibility index (Phi) is 7.87. The van der Waals surface area contributed by atoms with Gasteiger partial charge in [0.25, 0.3) is 5.91 Å². The predicted molar refractivity (Wildman–Crippen MR) is 121 cm³/mol. The second-order valence-electron chi connectivity index (χ2n) is 6.83. The fraction of sp³-hybridized carbons (Fsp3) is 0.421. The zero-order valence-electron chi connectivity index (χ0n) is 17.1. The Morgan fingerprint density at radius 1 is 1.31 bits per heavy atom. The van der Waals surface area contributed by atoms with Gasteiger partial charge in [0.2, 0.25) is 0 Å². The quantitative estimate of drug-likeness (QED) is 0.535. The number of fused-ring (bicyclic) bond motifs is 1. The van der Waals surface area contributed by atoms with Gasteiger partial charge in [-0.3, -0.25) is 14.4 Å². The van der Waals surface area contributed by atoms with Crippen LogP contribution in [0.5, 0.6) is 5.75 Å². The molecule has 1 aromatic carbocycles. The SMILES string of the molecule is COc1ccc(Cl)c2sc(N(CCCN(C)C)C(=O)c3cc(C)nn3C)nc12.Cl. The summed E-state index contributed by atoms with van der Waals surface area (Å²) in [6.07, 6.45) is 0.816. The number of carbonyl (C=O) groups excluding carboxylic acids is 1. The summed E-state index contributed by atoms with van der Waals surface area (Å²) in [5.74, 6) is 0.509. The molecule has 0 aliphatic rings. The van der Waals surface area contributed by atoms with E-state index in [0.29, 0.717) is 33.7 Å². The minimum Gasteiger partial charge on any atom is -0.494 e. The van der Waals surface area contributed by atoms with Crippen molar-refractivity contribution >= 4 is 56.6 Å². The second-order valence-corrected chi connectivity index (χ2v) is 8.22. The first kappa shape index (κ1) is 23.4. The van der Waals surface area contributed by atoms with Crippen LogP contribution in [0.25, 0.3) is 10.2 Å². The number of nitrogens with zero attached hydrogens (tertiary/aromatic N) is 5. The van der Waals surface area contributed by atoms with Crippen LogP contribution in [0.15, 0.2) is 18.2 Å². The maximum Gasteiger partial charge on any atom is 0.278 e. The van der Waals surface area contributed by atoms with E-state index in [2.05, 4.69) is 10.00 Å². The van der Waals surface area contributed by atoms with Crippen molar-refractivity contribution in [1.82, 2.24) is 19.7 Å². The van der Waals surface area contributed by atoms with Crippen molar-refractivity contribution in [2.45, 2.75) is 13.3 Å². The largest absolute Gasteiger partial charge is 0.494 e. The van der Waals surface area contributed by atoms with Crippen LogP contribution in [0, 0.1) is 6.92 Å². The van der Waals surface area contributed by atoms with E-state index in [1.54, 1.807) is 41.9 Å². The lowest BCUT2D eigenvalue weighted by atomic mass is 10.3. The summed E-state index contributed by atoms with van der Waals surface area (Å²) in [5, 5.41) is 5.50. The van der Waals surface area contributed by atoms with Crippen molar-refractivity contribution in [2.24, 2.45) is 7.05 Å². The van der Waals surface area contributed by atoms with Crippen molar-refractivity contribution in [2.75, 3.05) is 39.2 Å². The molecule has 2 heterocycles. The summed E-state index contributed by atoms with van der Waals surface area (Å²) in [7, 11) is 7.40. The Bertz CT molecular complexity index is 1000. The van der Waals surface area contributed by atoms with E-state index >= 15 is 0 Å². The van der Waals surface area contributed by atoms with Crippen LogP contribution in [0.4, 0.5) is 5.13 Å². The summed E-state index contributed by atoms with van der Waals surface area (Å²) in [5.41, 5.74) is 1.99. The lowest BCUT2D eigenvalue weighted by Crippen LogP contribution is -2.34. The highest BCUT2D eigenvalue weighted by Gasteiger charge is 2.25. The fourth-order valence-electron chi connectivity index (χ4n) is 3.00. The zero-order chi connectivity index (χ0) is 20.4. The topological polar surface area (TPSA) is 63.5 Å². The van der Waals surface area contributed by atoms with Crippen molar-refractivity contribution in [3.05, 3.63) is 34.6 Å². The third kappa shape index (κ3) is 5.01. The molecular weight excluding hydrogens is 433 g/mol. The first-order valence-corrected chi connectivity index (χ1v) is 10.1. The lowest BCUT2D eigenvalue weighted by molar-refractivity contribution is 0.0977. The molecule has 0 spiro atoms. The van der Waals surface area contributed by atoms with E-state index in [1.165, 1.54) is 11.3 Å². The van der Waals surface area contributed by atoms with Crippen LogP contribution in [-0.4, -0.2) is 59.9 Å². The molecule has 0 fully saturated rings. The average molecular weight is 458 g/mol. The van der Waals surface area contributed by atoms with Gasteiger partial charge in [0.15, 0.2) is 5.13 Å². The van der Waals surface area contributed by atoms with Crippen molar-refractivity contribution < 1.29 is 9.53 Å². The molecule has 0 saturated carbocycles. The van der Waals surface area contributed by atoms with Gasteiger partial charge < -0.3 is 9.64 Å². The highest BCUT2D eigenvalue weighted by molar-refractivity contribution is 7.23. The van der Waals surface area contributed by atoms with Crippen LogP contribution in [0.2, 0.25) is 5.02 Å². The van der Waals surface area contributed by atoms with Crippen LogP contribution in [0.1, 0.15) is 22.6 Å². The number of ether oxygens (including phenoxy) is 1. The summed E-state index contributed by atoms with van der Waals surface area (Å²) in [6, 6.07) is 5.37. The molecule has 0 unspecified atom stereocenters. The van der Waals surface area contributed by atoms with Crippen LogP contribution < -0.4 is 9.64 Å². The van der Waals surface area contributed by atoms with Crippen molar-refractivity contribution in [3.8, 4) is 5.75 Å². The van der Waals surface area contributed by atoms with E-state index in [0.717, 1.165) is 23.4 Å². The standard InChI is InChI=1S/C19H24ClN5O2S.ClH/c1-12-11-14(24(4)22-12)18(26)25(10-6-9-23(2)3)19-21-16-15(27-5)8-7-13(20)17(16)28-19;/h7-8,11H,6,9-10H2,1-5H3;1H. The average Bonchev–Trinajstić information content (AvgIpc) is 3.22. The van der Waals surface area contributed by atoms with Gasteiger partial charge in [0, 0.05) is 13.6 Å². The number of aromatic nitrogens is 3. The number of benzene rings is 1. The normalized spacial score (nSPS) is 11.0. The Balaban J connectivity index is 0.00000300. The van der Waals surface area contributed by atoms with Crippen LogP contribution >= 0.6 is 35.3 Å². The minimum atomic E-state index is -0.129. The number of halogens is 2. The molecule has 1 amide bonds. The summed E-state index contributed by atoms with van der Waals surface area (Å²) in [6.45, 7) is 3.28. The molecule has 0 aliphatic carbocycles. The van der Waals surface area contributed by atoms with Gasteiger partial charge in [-0.1, -0.05) is 22.9 Å². The number of amides is 1. The van der Waals surface area contributed by atoms with Gasteiger partial charge in [-0.05, 0) is 52.2 Å². The molecule has 29 heavy (non-hydrogen) atoms. The molecule has 3 aromatic rings. The molecule has 10 heteroatoms. The van der Waals surface area contributed by atoms with Crippen LogP contribution in [-0.2, 0) is 7.05 Å². The number of thiazole rings is 1. The first-order valence-electron chi connectivity index (χ1n) is 8.92. The highest BCUT2D eigenvalue weighted by atomic mass is 35.5. The predicted octanol–water partition coefficient (Wildman–Crippen LogP) is 4.02. The molecule has 158 valence electrons. The summed E-state index contributed by atoms with van der Waals surface area (Å²) >= 11 is 7.76. The lowest BCUT2D eigenvalue weighted by Gasteiger charge is -2.21. The van der Waals surface area contributed by atoms with Gasteiger partial charge >= 0.3 is 0 Å². The first-order chi connectivity index (χ1) is 13.3. The van der Waals surface area contributed by atoms with E-state index < -0.39 is 0 Å². The number of carbonyl (C=O) groups is 1. The summed E-state index contributed by atoms with van der Waals surface area (Å²) in [4.78, 5) is 21.8. The molecule has 0 radical (unpaired) electrons. The molecule has 0 aliphatic heterocycles. The molecule has 0 N–H and O–H groups in total. The number of methoxy groups -OCH3 is 1. The maximum atomic E-state index is 13.3. The molecule has 0 saturated heterocycles. The van der Waals surface area contributed by atoms with Crippen molar-refractivity contribution in [1.29, 1.82) is 0 Å². The molecule has 0 bridgehead atoms. The Morgan fingerprint density at radius 3 is 2.62 bits per heavy atom. The van der Waals surface area contributed by atoms with Gasteiger partial charge in [-0.15, -0.1) is 12.4 Å². The number of hydrogen-bond donors (Lipinski definition) is 0. The molecule has 3 rings (SSSR count). The number of anilines is 1. The van der Waals surface area contributed by atoms with E-state index in [1.807, 2.05) is 21.0 Å². The Hall–Kier alpha value is -1.87. The summed E-state index contributed by atoms with van der Waals surface area (Å²) < 4.78 is 7.83. The Labute approximate surface area is 185 Å². The smallest absolute Gasteiger partial charge is 0.278 e. The number of hydrogen-bond acceptors (Lipinski definition) is 6. The zero-order valence-corrected chi connectivity index (χ0v) is 19.5. The maximum absolute atomic E-state index is 13.3. The van der Waals surface area contributed by atoms with Gasteiger partial charge in [0.05, 0.1) is 22.5 Å². The van der Waals surface area contributed by atoms with Gasteiger partial charge in [0.1, 0.15) is 17.0 Å². The number of aryl methyl sites for hydroxylation is 2. The molecule has 0 atom stereocenters. The fourth-order valence-corrected chi connectivity index (χ4v) is 4.28. The Morgan fingerprint density at radius 2 is 2.03 bits per heavy atom. The van der Waals surface area contributed by atoms with E-state index in [-0.39, 0.29) is 18.3 Å². The molecule has 7 nitrogen and oxygen atoms in total. The molecular formula is C19H25Cl2N5O2S. The third-order valence-corrected chi connectivity index (χ3v) is 5.89. The van der Waals surface area contributed by atoms with Crippen molar-refractivity contribution in [3.63, 3.8) is 0 Å². The molecule has 2 aromatic heterocycles. The van der Waals surface area contributed by atoms with Crippen LogP contribution in [0.3, 0.4) is 0 Å². The monoisotopic (exact) mass is 457 g/mol. The van der Waals surface area contributed by atoms with Gasteiger partial charge in [-0.2, -0.15) is 5.10 Å². The highest BCUT2D eigenvalue weighted by Crippen LogP contribution is 2.39. The minimum absolute atomic E-state index is 0. The van der Waals surface area contributed by atoms with E-state index in [9.17, 15) is 4.79 Å². The van der Waals surface area contributed by atoms with Gasteiger partial charge in [-0.25, -0.2) is 4.98 Å².